The molecular weight excluding hydrogens is 384 g/mol. The Bertz CT molecular complexity index is 828. The van der Waals surface area contributed by atoms with E-state index in [-0.39, 0.29) is 24.0 Å². The highest BCUT2D eigenvalue weighted by Crippen LogP contribution is 2.26. The lowest BCUT2D eigenvalue weighted by Crippen LogP contribution is -2.52. The standard InChI is InChI=1S/C23H28N2O3S/c1-17-8-10-18(11-9-17)22(26)25(19-5-2-3-6-19)16-20-15-24(12-13-28-20)23(27)21-7-4-14-29-21/h4,7-11,14,19-20H,2-3,5-6,12-13,15-16H2,1H3/t20-/m1/s1. The summed E-state index contributed by atoms with van der Waals surface area (Å²) in [5.41, 5.74) is 1.87. The third-order valence-electron chi connectivity index (χ3n) is 5.88. The Kier molecular flexibility index (Phi) is 6.31. The minimum atomic E-state index is -0.150. The van der Waals surface area contributed by atoms with E-state index in [0.29, 0.717) is 26.2 Å². The molecule has 0 N–H and O–H groups in total. The number of nitrogens with zero attached hydrogens (tertiary/aromatic N) is 2. The Labute approximate surface area is 176 Å². The number of benzene rings is 1. The van der Waals surface area contributed by atoms with Gasteiger partial charge < -0.3 is 14.5 Å². The molecule has 1 saturated carbocycles. The molecule has 0 spiro atoms. The van der Waals surface area contributed by atoms with E-state index in [0.717, 1.165) is 41.7 Å². The summed E-state index contributed by atoms with van der Waals surface area (Å²) in [6, 6.07) is 11.8. The number of amides is 2. The van der Waals surface area contributed by atoms with Gasteiger partial charge in [-0.2, -0.15) is 0 Å². The van der Waals surface area contributed by atoms with Crippen LogP contribution in [0.25, 0.3) is 0 Å². The van der Waals surface area contributed by atoms with E-state index >= 15 is 0 Å². The van der Waals surface area contributed by atoms with Crippen molar-refractivity contribution in [3.05, 3.63) is 57.8 Å². The lowest BCUT2D eigenvalue weighted by Gasteiger charge is -2.37. The maximum atomic E-state index is 13.3. The molecule has 0 unspecified atom stereocenters. The van der Waals surface area contributed by atoms with Crippen LogP contribution in [0, 0.1) is 6.92 Å². The quantitative estimate of drug-likeness (QED) is 0.746. The lowest BCUT2D eigenvalue weighted by atomic mass is 10.1. The average molecular weight is 413 g/mol. The SMILES string of the molecule is Cc1ccc(C(=O)N(C[C@H]2CN(C(=O)c3cccs3)CCO2)C2CCCC2)cc1. The molecule has 0 radical (unpaired) electrons. The van der Waals surface area contributed by atoms with E-state index in [1.807, 2.05) is 58.5 Å². The molecule has 1 aliphatic carbocycles. The van der Waals surface area contributed by atoms with Gasteiger partial charge in [-0.1, -0.05) is 36.6 Å². The smallest absolute Gasteiger partial charge is 0.264 e. The number of hydrogen-bond donors (Lipinski definition) is 0. The van der Waals surface area contributed by atoms with Gasteiger partial charge in [0.15, 0.2) is 0 Å². The number of thiophene rings is 1. The molecule has 1 aromatic heterocycles. The van der Waals surface area contributed by atoms with Crippen LogP contribution in [0.2, 0.25) is 0 Å². The average Bonchev–Trinajstić information content (AvgIpc) is 3.46. The van der Waals surface area contributed by atoms with Crippen molar-refractivity contribution < 1.29 is 14.3 Å². The van der Waals surface area contributed by atoms with Crippen LogP contribution in [-0.2, 0) is 4.74 Å². The van der Waals surface area contributed by atoms with Gasteiger partial charge in [-0.3, -0.25) is 9.59 Å². The van der Waals surface area contributed by atoms with Crippen LogP contribution in [0.4, 0.5) is 0 Å². The van der Waals surface area contributed by atoms with Crippen molar-refractivity contribution >= 4 is 23.2 Å². The molecule has 29 heavy (non-hydrogen) atoms. The van der Waals surface area contributed by atoms with E-state index in [1.165, 1.54) is 11.3 Å². The molecule has 2 fully saturated rings. The Balaban J connectivity index is 1.47. The molecule has 4 rings (SSSR count). The van der Waals surface area contributed by atoms with Crippen LogP contribution in [0.5, 0.6) is 0 Å². The molecule has 2 amide bonds. The number of rotatable bonds is 5. The van der Waals surface area contributed by atoms with Gasteiger partial charge in [0.1, 0.15) is 0 Å². The van der Waals surface area contributed by atoms with Crippen LogP contribution in [0.15, 0.2) is 41.8 Å². The zero-order valence-corrected chi connectivity index (χ0v) is 17.7. The maximum Gasteiger partial charge on any atom is 0.264 e. The van der Waals surface area contributed by atoms with E-state index < -0.39 is 0 Å². The summed E-state index contributed by atoms with van der Waals surface area (Å²) >= 11 is 1.47. The minimum Gasteiger partial charge on any atom is -0.373 e. The van der Waals surface area contributed by atoms with Crippen molar-refractivity contribution in [2.75, 3.05) is 26.2 Å². The highest BCUT2D eigenvalue weighted by Gasteiger charge is 2.33. The normalized spacial score (nSPS) is 20.0. The molecular formula is C23H28N2O3S. The third kappa shape index (κ3) is 4.70. The summed E-state index contributed by atoms with van der Waals surface area (Å²) in [6.45, 7) is 4.20. The van der Waals surface area contributed by atoms with Crippen molar-refractivity contribution in [1.82, 2.24) is 9.80 Å². The van der Waals surface area contributed by atoms with Gasteiger partial charge in [-0.05, 0) is 43.3 Å². The lowest BCUT2D eigenvalue weighted by molar-refractivity contribution is -0.0369. The zero-order valence-electron chi connectivity index (χ0n) is 16.9. The van der Waals surface area contributed by atoms with Gasteiger partial charge in [-0.15, -0.1) is 11.3 Å². The summed E-state index contributed by atoms with van der Waals surface area (Å²) in [6.07, 6.45) is 4.26. The highest BCUT2D eigenvalue weighted by atomic mass is 32.1. The fraction of sp³-hybridized carbons (Fsp3) is 0.478. The zero-order chi connectivity index (χ0) is 20.2. The Hall–Kier alpha value is -2.18. The summed E-state index contributed by atoms with van der Waals surface area (Å²) in [5.74, 6) is 0.132. The van der Waals surface area contributed by atoms with E-state index in [4.69, 9.17) is 4.74 Å². The first-order chi connectivity index (χ1) is 14.1. The van der Waals surface area contributed by atoms with Crippen molar-refractivity contribution in [3.8, 4) is 0 Å². The molecule has 2 aliphatic rings. The largest absolute Gasteiger partial charge is 0.373 e. The second kappa shape index (κ2) is 9.09. The number of carbonyl (C=O) groups excluding carboxylic acids is 2. The number of carbonyl (C=O) groups is 2. The van der Waals surface area contributed by atoms with Gasteiger partial charge in [0.05, 0.1) is 17.6 Å². The van der Waals surface area contributed by atoms with Crippen molar-refractivity contribution in [2.24, 2.45) is 0 Å². The molecule has 6 heteroatoms. The van der Waals surface area contributed by atoms with Crippen LogP contribution in [-0.4, -0.2) is 60.0 Å². The molecule has 2 heterocycles. The number of hydrogen-bond acceptors (Lipinski definition) is 4. The van der Waals surface area contributed by atoms with Crippen molar-refractivity contribution in [2.45, 2.75) is 44.8 Å². The van der Waals surface area contributed by atoms with Crippen molar-refractivity contribution in [3.63, 3.8) is 0 Å². The fourth-order valence-electron chi connectivity index (χ4n) is 4.27. The first-order valence-electron chi connectivity index (χ1n) is 10.4. The number of aryl methyl sites for hydroxylation is 1. The topological polar surface area (TPSA) is 49.9 Å². The number of ether oxygens (including phenoxy) is 1. The molecule has 5 nitrogen and oxygen atoms in total. The van der Waals surface area contributed by atoms with Gasteiger partial charge in [0.2, 0.25) is 0 Å². The van der Waals surface area contributed by atoms with Crippen LogP contribution in [0.1, 0.15) is 51.3 Å². The highest BCUT2D eigenvalue weighted by molar-refractivity contribution is 7.12. The maximum absolute atomic E-state index is 13.3. The monoisotopic (exact) mass is 412 g/mol. The predicted octanol–water partition coefficient (Wildman–Crippen LogP) is 3.98. The summed E-state index contributed by atoms with van der Waals surface area (Å²) in [7, 11) is 0. The summed E-state index contributed by atoms with van der Waals surface area (Å²) in [5, 5.41) is 1.92. The van der Waals surface area contributed by atoms with Crippen molar-refractivity contribution in [1.29, 1.82) is 0 Å². The van der Waals surface area contributed by atoms with E-state index in [1.54, 1.807) is 0 Å². The fourth-order valence-corrected chi connectivity index (χ4v) is 4.96. The Morgan fingerprint density at radius 2 is 1.93 bits per heavy atom. The number of morpholine rings is 1. The van der Waals surface area contributed by atoms with E-state index in [2.05, 4.69) is 0 Å². The minimum absolute atomic E-state index is 0.0607. The predicted molar refractivity (Wildman–Crippen MR) is 114 cm³/mol. The molecule has 1 aliphatic heterocycles. The van der Waals surface area contributed by atoms with Crippen LogP contribution >= 0.6 is 11.3 Å². The van der Waals surface area contributed by atoms with Crippen LogP contribution < -0.4 is 0 Å². The van der Waals surface area contributed by atoms with Gasteiger partial charge >= 0.3 is 0 Å². The molecule has 2 aromatic rings. The Morgan fingerprint density at radius 3 is 2.62 bits per heavy atom. The molecule has 1 saturated heterocycles. The molecule has 1 aromatic carbocycles. The Morgan fingerprint density at radius 1 is 1.17 bits per heavy atom. The molecule has 0 bridgehead atoms. The molecule has 154 valence electrons. The van der Waals surface area contributed by atoms with E-state index in [9.17, 15) is 9.59 Å². The van der Waals surface area contributed by atoms with Gasteiger partial charge in [-0.25, -0.2) is 0 Å². The second-order valence-corrected chi connectivity index (χ2v) is 8.93. The summed E-state index contributed by atoms with van der Waals surface area (Å²) < 4.78 is 5.99. The third-order valence-corrected chi connectivity index (χ3v) is 6.74. The van der Waals surface area contributed by atoms with Crippen LogP contribution in [0.3, 0.4) is 0 Å². The first-order valence-corrected chi connectivity index (χ1v) is 11.3. The summed E-state index contributed by atoms with van der Waals surface area (Å²) in [4.78, 5) is 30.7. The van der Waals surface area contributed by atoms with Gasteiger partial charge in [0, 0.05) is 31.2 Å². The molecule has 1 atom stereocenters. The van der Waals surface area contributed by atoms with Gasteiger partial charge in [0.25, 0.3) is 11.8 Å². The first kappa shape index (κ1) is 20.1. The second-order valence-electron chi connectivity index (χ2n) is 7.98.